The van der Waals surface area contributed by atoms with E-state index in [1.165, 1.54) is 0 Å². The Morgan fingerprint density at radius 3 is 2.15 bits per heavy atom. The minimum atomic E-state index is -0.459. The molecule has 78 valence electrons. The zero-order chi connectivity index (χ0) is 10.6. The lowest BCUT2D eigenvalue weighted by atomic mass is 10.2. The summed E-state index contributed by atoms with van der Waals surface area (Å²) in [5.74, 6) is 0. The Labute approximate surface area is 84.8 Å². The van der Waals surface area contributed by atoms with Crippen LogP contribution < -0.4 is 5.32 Å². The van der Waals surface area contributed by atoms with Crippen LogP contribution in [-0.4, -0.2) is 23.1 Å². The van der Waals surface area contributed by atoms with Crippen molar-refractivity contribution in [3.8, 4) is 0 Å². The molecule has 2 atom stereocenters. The average molecular weight is 208 g/mol. The van der Waals surface area contributed by atoms with Gasteiger partial charge in [0.15, 0.2) is 0 Å². The number of carbonyl (C=O) groups is 1. The predicted octanol–water partition coefficient (Wildman–Crippen LogP) is 2.53. The molecule has 0 rings (SSSR count). The van der Waals surface area contributed by atoms with Crippen molar-refractivity contribution in [2.75, 3.05) is 0 Å². The summed E-state index contributed by atoms with van der Waals surface area (Å²) in [4.78, 5) is 11.2. The zero-order valence-electron chi connectivity index (χ0n) is 8.85. The van der Waals surface area contributed by atoms with E-state index in [2.05, 4.69) is 5.32 Å². The van der Waals surface area contributed by atoms with Crippen LogP contribution in [0.5, 0.6) is 0 Å². The summed E-state index contributed by atoms with van der Waals surface area (Å²) in [5, 5.41) is 2.54. The standard InChI is InChI=1S/C9H18ClNO2/c1-6(10)7(2)11-8(12)13-9(3,4)5/h6-7H,1-5H3,(H,11,12). The normalized spacial score (nSPS) is 16.2. The molecule has 0 aliphatic heterocycles. The lowest BCUT2D eigenvalue weighted by Crippen LogP contribution is -2.41. The Balaban J connectivity index is 3.89. The Morgan fingerprint density at radius 2 is 1.85 bits per heavy atom. The number of halogens is 1. The van der Waals surface area contributed by atoms with E-state index in [-0.39, 0.29) is 11.4 Å². The number of hydrogen-bond donors (Lipinski definition) is 1. The van der Waals surface area contributed by atoms with Crippen molar-refractivity contribution in [1.29, 1.82) is 0 Å². The molecular formula is C9H18ClNO2. The molecule has 0 aromatic carbocycles. The van der Waals surface area contributed by atoms with Gasteiger partial charge in [0.05, 0.1) is 5.38 Å². The maximum atomic E-state index is 11.2. The third-order valence-electron chi connectivity index (χ3n) is 1.43. The maximum absolute atomic E-state index is 11.2. The smallest absolute Gasteiger partial charge is 0.407 e. The van der Waals surface area contributed by atoms with Gasteiger partial charge in [-0.15, -0.1) is 11.6 Å². The third-order valence-corrected chi connectivity index (χ3v) is 1.81. The van der Waals surface area contributed by atoms with Gasteiger partial charge in [0.25, 0.3) is 0 Å². The molecule has 1 amide bonds. The van der Waals surface area contributed by atoms with Gasteiger partial charge < -0.3 is 10.1 Å². The summed E-state index contributed by atoms with van der Waals surface area (Å²) in [5.41, 5.74) is -0.459. The van der Waals surface area contributed by atoms with Gasteiger partial charge in [-0.3, -0.25) is 0 Å². The van der Waals surface area contributed by atoms with E-state index in [9.17, 15) is 4.79 Å². The van der Waals surface area contributed by atoms with Crippen LogP contribution in [0.2, 0.25) is 0 Å². The van der Waals surface area contributed by atoms with Gasteiger partial charge in [0.1, 0.15) is 5.60 Å². The molecule has 0 heterocycles. The molecule has 0 saturated heterocycles. The highest BCUT2D eigenvalue weighted by Gasteiger charge is 2.19. The van der Waals surface area contributed by atoms with Crippen LogP contribution >= 0.6 is 11.6 Å². The van der Waals surface area contributed by atoms with E-state index in [0.29, 0.717) is 0 Å². The Hall–Kier alpha value is -0.440. The number of ether oxygens (including phenoxy) is 1. The van der Waals surface area contributed by atoms with Crippen molar-refractivity contribution in [1.82, 2.24) is 5.32 Å². The maximum Gasteiger partial charge on any atom is 0.407 e. The predicted molar refractivity (Wildman–Crippen MR) is 54.1 cm³/mol. The van der Waals surface area contributed by atoms with Crippen molar-refractivity contribution in [2.24, 2.45) is 0 Å². The molecule has 0 aromatic heterocycles. The first-order chi connectivity index (χ1) is 5.72. The number of hydrogen-bond acceptors (Lipinski definition) is 2. The van der Waals surface area contributed by atoms with Gasteiger partial charge in [-0.2, -0.15) is 0 Å². The highest BCUT2D eigenvalue weighted by molar-refractivity contribution is 6.20. The molecule has 1 N–H and O–H groups in total. The van der Waals surface area contributed by atoms with Gasteiger partial charge in [0.2, 0.25) is 0 Å². The van der Waals surface area contributed by atoms with E-state index in [1.807, 2.05) is 34.6 Å². The molecule has 0 aliphatic carbocycles. The highest BCUT2D eigenvalue weighted by Crippen LogP contribution is 2.08. The summed E-state index contributed by atoms with van der Waals surface area (Å²) < 4.78 is 5.05. The van der Waals surface area contributed by atoms with Crippen LogP contribution in [0.15, 0.2) is 0 Å². The Bertz CT molecular complexity index is 175. The van der Waals surface area contributed by atoms with Crippen LogP contribution in [0.25, 0.3) is 0 Å². The fraction of sp³-hybridized carbons (Fsp3) is 0.889. The Morgan fingerprint density at radius 1 is 1.38 bits per heavy atom. The average Bonchev–Trinajstić information content (AvgIpc) is 1.81. The van der Waals surface area contributed by atoms with Crippen LogP contribution in [0.4, 0.5) is 4.79 Å². The van der Waals surface area contributed by atoms with Crippen molar-refractivity contribution < 1.29 is 9.53 Å². The van der Waals surface area contributed by atoms with Gasteiger partial charge in [-0.05, 0) is 34.6 Å². The first kappa shape index (κ1) is 12.6. The minimum Gasteiger partial charge on any atom is -0.444 e. The van der Waals surface area contributed by atoms with Gasteiger partial charge >= 0.3 is 6.09 Å². The second-order valence-electron chi connectivity index (χ2n) is 4.11. The molecule has 0 radical (unpaired) electrons. The second kappa shape index (κ2) is 4.70. The lowest BCUT2D eigenvalue weighted by Gasteiger charge is -2.22. The zero-order valence-corrected chi connectivity index (χ0v) is 9.61. The number of alkyl carbamates (subject to hydrolysis) is 1. The fourth-order valence-electron chi connectivity index (χ4n) is 0.608. The van der Waals surface area contributed by atoms with Crippen LogP contribution in [0.3, 0.4) is 0 Å². The van der Waals surface area contributed by atoms with E-state index < -0.39 is 11.7 Å². The number of amides is 1. The van der Waals surface area contributed by atoms with Crippen LogP contribution in [0.1, 0.15) is 34.6 Å². The van der Waals surface area contributed by atoms with Crippen molar-refractivity contribution in [3.05, 3.63) is 0 Å². The monoisotopic (exact) mass is 207 g/mol. The van der Waals surface area contributed by atoms with Gasteiger partial charge in [-0.1, -0.05) is 0 Å². The first-order valence-corrected chi connectivity index (χ1v) is 4.79. The van der Waals surface area contributed by atoms with Crippen LogP contribution in [-0.2, 0) is 4.74 Å². The molecule has 0 saturated carbocycles. The largest absolute Gasteiger partial charge is 0.444 e. The van der Waals surface area contributed by atoms with Crippen LogP contribution in [0, 0.1) is 0 Å². The van der Waals surface area contributed by atoms with E-state index in [4.69, 9.17) is 16.3 Å². The highest BCUT2D eigenvalue weighted by atomic mass is 35.5. The summed E-state index contributed by atoms with van der Waals surface area (Å²) in [6.07, 6.45) is -0.424. The molecular weight excluding hydrogens is 190 g/mol. The third kappa shape index (κ3) is 6.70. The van der Waals surface area contributed by atoms with E-state index in [1.54, 1.807) is 0 Å². The van der Waals surface area contributed by atoms with E-state index >= 15 is 0 Å². The summed E-state index contributed by atoms with van der Waals surface area (Å²) in [6, 6.07) is -0.0866. The summed E-state index contributed by atoms with van der Waals surface area (Å²) >= 11 is 5.77. The molecule has 13 heavy (non-hydrogen) atoms. The Kier molecular flexibility index (Phi) is 4.54. The molecule has 0 bridgehead atoms. The molecule has 4 heteroatoms. The topological polar surface area (TPSA) is 38.3 Å². The molecule has 3 nitrogen and oxygen atoms in total. The van der Waals surface area contributed by atoms with Gasteiger partial charge in [0, 0.05) is 6.04 Å². The minimum absolute atomic E-state index is 0.0866. The number of nitrogens with one attached hydrogen (secondary N) is 1. The van der Waals surface area contributed by atoms with Gasteiger partial charge in [-0.25, -0.2) is 4.79 Å². The number of carbonyl (C=O) groups excluding carboxylic acids is 1. The molecule has 0 aliphatic rings. The fourth-order valence-corrected chi connectivity index (χ4v) is 0.671. The quantitative estimate of drug-likeness (QED) is 0.707. The summed E-state index contributed by atoms with van der Waals surface area (Å²) in [6.45, 7) is 9.12. The van der Waals surface area contributed by atoms with Crippen molar-refractivity contribution in [3.63, 3.8) is 0 Å². The lowest BCUT2D eigenvalue weighted by molar-refractivity contribution is 0.0508. The second-order valence-corrected chi connectivity index (χ2v) is 4.80. The SMILES string of the molecule is CC(Cl)C(C)NC(=O)OC(C)(C)C. The first-order valence-electron chi connectivity index (χ1n) is 4.36. The molecule has 2 unspecified atom stereocenters. The van der Waals surface area contributed by atoms with E-state index in [0.717, 1.165) is 0 Å². The van der Waals surface area contributed by atoms with Crippen molar-refractivity contribution in [2.45, 2.75) is 51.6 Å². The van der Waals surface area contributed by atoms with Crippen molar-refractivity contribution >= 4 is 17.7 Å². The molecule has 0 spiro atoms. The summed E-state index contributed by atoms with van der Waals surface area (Å²) in [7, 11) is 0. The molecule has 0 fully saturated rings. The number of rotatable bonds is 2. The number of alkyl halides is 1. The molecule has 0 aromatic rings.